The van der Waals surface area contributed by atoms with Gasteiger partial charge in [0.1, 0.15) is 0 Å². The maximum atomic E-state index is 11.8. The summed E-state index contributed by atoms with van der Waals surface area (Å²) in [5, 5.41) is 6.14. The van der Waals surface area contributed by atoms with Crippen molar-refractivity contribution in [2.45, 2.75) is 123 Å². The third kappa shape index (κ3) is 15.8. The zero-order chi connectivity index (χ0) is 21.2. The van der Waals surface area contributed by atoms with E-state index in [0.29, 0.717) is 19.7 Å². The van der Waals surface area contributed by atoms with Crippen LogP contribution in [0.25, 0.3) is 0 Å². The van der Waals surface area contributed by atoms with Gasteiger partial charge in [0, 0.05) is 13.1 Å². The molecule has 5 heteroatoms. The molecule has 1 saturated heterocycles. The SMILES string of the molecule is CCCCCCCCCCCCCCCCNC(=O)CNCC1COC(C)(C)O1. The molecule has 1 heterocycles. The molecular formula is C24H48N2O3. The van der Waals surface area contributed by atoms with Gasteiger partial charge in [-0.05, 0) is 20.3 Å². The van der Waals surface area contributed by atoms with Gasteiger partial charge in [0.05, 0.1) is 19.3 Å². The molecule has 29 heavy (non-hydrogen) atoms. The van der Waals surface area contributed by atoms with Crippen LogP contribution in [0.1, 0.15) is 111 Å². The maximum absolute atomic E-state index is 11.8. The minimum atomic E-state index is -0.498. The fraction of sp³-hybridized carbons (Fsp3) is 0.958. The predicted octanol–water partition coefficient (Wildman–Crippen LogP) is 5.33. The number of carbonyl (C=O) groups is 1. The lowest BCUT2D eigenvalue weighted by Gasteiger charge is -2.17. The van der Waals surface area contributed by atoms with Crippen molar-refractivity contribution in [1.82, 2.24) is 10.6 Å². The van der Waals surface area contributed by atoms with Gasteiger partial charge in [-0.15, -0.1) is 0 Å². The highest BCUT2D eigenvalue weighted by Crippen LogP contribution is 2.21. The van der Waals surface area contributed by atoms with E-state index >= 15 is 0 Å². The Bertz CT molecular complexity index is 402. The molecule has 0 radical (unpaired) electrons. The Morgan fingerprint density at radius 3 is 1.86 bits per heavy atom. The summed E-state index contributed by atoms with van der Waals surface area (Å²) in [6.45, 7) is 8.47. The molecule has 0 saturated carbocycles. The average molecular weight is 413 g/mol. The molecule has 0 spiro atoms. The second-order valence-electron chi connectivity index (χ2n) is 9.03. The van der Waals surface area contributed by atoms with E-state index in [2.05, 4.69) is 17.6 Å². The molecule has 0 bridgehead atoms. The molecule has 1 rings (SSSR count). The van der Waals surface area contributed by atoms with Gasteiger partial charge in [-0.25, -0.2) is 0 Å². The molecule has 0 aromatic carbocycles. The van der Waals surface area contributed by atoms with Gasteiger partial charge in [0.2, 0.25) is 5.91 Å². The van der Waals surface area contributed by atoms with Crippen molar-refractivity contribution in [1.29, 1.82) is 0 Å². The van der Waals surface area contributed by atoms with Gasteiger partial charge in [0.15, 0.2) is 5.79 Å². The topological polar surface area (TPSA) is 59.6 Å². The van der Waals surface area contributed by atoms with E-state index in [-0.39, 0.29) is 12.0 Å². The van der Waals surface area contributed by atoms with E-state index in [1.165, 1.54) is 83.5 Å². The predicted molar refractivity (Wildman–Crippen MR) is 121 cm³/mol. The molecule has 2 N–H and O–H groups in total. The summed E-state index contributed by atoms with van der Waals surface area (Å²) >= 11 is 0. The third-order valence-corrected chi connectivity index (χ3v) is 5.58. The van der Waals surface area contributed by atoms with Crippen LogP contribution in [0, 0.1) is 0 Å². The zero-order valence-corrected chi connectivity index (χ0v) is 19.5. The minimum Gasteiger partial charge on any atom is -0.355 e. The molecule has 1 amide bonds. The van der Waals surface area contributed by atoms with Crippen LogP contribution in [0.2, 0.25) is 0 Å². The van der Waals surface area contributed by atoms with Crippen molar-refractivity contribution >= 4 is 5.91 Å². The smallest absolute Gasteiger partial charge is 0.233 e. The van der Waals surface area contributed by atoms with Crippen LogP contribution in [0.15, 0.2) is 0 Å². The summed E-state index contributed by atoms with van der Waals surface area (Å²) in [5.41, 5.74) is 0. The van der Waals surface area contributed by atoms with Crippen LogP contribution in [-0.4, -0.2) is 44.0 Å². The van der Waals surface area contributed by atoms with Crippen molar-refractivity contribution in [2.24, 2.45) is 0 Å². The second-order valence-corrected chi connectivity index (χ2v) is 9.03. The minimum absolute atomic E-state index is 0.0311. The van der Waals surface area contributed by atoms with Gasteiger partial charge in [0.25, 0.3) is 0 Å². The largest absolute Gasteiger partial charge is 0.355 e. The molecule has 5 nitrogen and oxygen atoms in total. The number of ether oxygens (including phenoxy) is 2. The molecule has 1 atom stereocenters. The first kappa shape index (κ1) is 26.4. The first-order chi connectivity index (χ1) is 14.0. The molecule has 1 fully saturated rings. The fourth-order valence-electron chi connectivity index (χ4n) is 3.82. The number of hydrogen-bond acceptors (Lipinski definition) is 4. The van der Waals surface area contributed by atoms with Crippen LogP contribution in [0.5, 0.6) is 0 Å². The van der Waals surface area contributed by atoms with Gasteiger partial charge >= 0.3 is 0 Å². The summed E-state index contributed by atoms with van der Waals surface area (Å²) in [7, 11) is 0. The van der Waals surface area contributed by atoms with Crippen LogP contribution in [-0.2, 0) is 14.3 Å². The molecular weight excluding hydrogens is 364 g/mol. The van der Waals surface area contributed by atoms with E-state index < -0.39 is 5.79 Å². The first-order valence-electron chi connectivity index (χ1n) is 12.3. The average Bonchev–Trinajstić information content (AvgIpc) is 3.03. The van der Waals surface area contributed by atoms with Crippen molar-refractivity contribution in [3.63, 3.8) is 0 Å². The normalized spacial score (nSPS) is 18.2. The fourth-order valence-corrected chi connectivity index (χ4v) is 3.82. The Balaban J connectivity index is 1.75. The molecule has 0 aromatic heterocycles. The zero-order valence-electron chi connectivity index (χ0n) is 19.5. The molecule has 1 aliphatic heterocycles. The first-order valence-corrected chi connectivity index (χ1v) is 12.3. The molecule has 0 aromatic rings. The Labute approximate surface area is 180 Å². The summed E-state index contributed by atoms with van der Waals surface area (Å²) < 4.78 is 11.2. The van der Waals surface area contributed by atoms with E-state index in [0.717, 1.165) is 13.0 Å². The lowest BCUT2D eigenvalue weighted by atomic mass is 10.0. The van der Waals surface area contributed by atoms with Gasteiger partial charge in [-0.3, -0.25) is 4.79 Å². The Morgan fingerprint density at radius 2 is 1.38 bits per heavy atom. The Morgan fingerprint density at radius 1 is 0.862 bits per heavy atom. The second kappa shape index (κ2) is 17.1. The van der Waals surface area contributed by atoms with Gasteiger partial charge in [-0.1, -0.05) is 90.4 Å². The lowest BCUT2D eigenvalue weighted by Crippen LogP contribution is -2.38. The standard InChI is InChI=1S/C24H48N2O3/c1-4-5-6-7-8-9-10-11-12-13-14-15-16-17-18-26-23(27)20-25-19-22-21-28-24(2,3)29-22/h22,25H,4-21H2,1-3H3,(H,26,27). The summed E-state index contributed by atoms with van der Waals surface area (Å²) in [4.78, 5) is 11.8. The third-order valence-electron chi connectivity index (χ3n) is 5.58. The van der Waals surface area contributed by atoms with Crippen LogP contribution >= 0.6 is 0 Å². The maximum Gasteiger partial charge on any atom is 0.233 e. The number of unbranched alkanes of at least 4 members (excludes halogenated alkanes) is 13. The number of hydrogen-bond donors (Lipinski definition) is 2. The van der Waals surface area contributed by atoms with Crippen LogP contribution < -0.4 is 10.6 Å². The summed E-state index contributed by atoms with van der Waals surface area (Å²) in [6, 6.07) is 0. The number of rotatable bonds is 19. The van der Waals surface area contributed by atoms with Crippen LogP contribution in [0.3, 0.4) is 0 Å². The quantitative estimate of drug-likeness (QED) is 0.282. The monoisotopic (exact) mass is 412 g/mol. The van der Waals surface area contributed by atoms with Crippen molar-refractivity contribution in [3.8, 4) is 0 Å². The van der Waals surface area contributed by atoms with Gasteiger partial charge in [-0.2, -0.15) is 0 Å². The lowest BCUT2D eigenvalue weighted by molar-refractivity contribution is -0.137. The van der Waals surface area contributed by atoms with E-state index in [1.807, 2.05) is 13.8 Å². The Kier molecular flexibility index (Phi) is 15.5. The van der Waals surface area contributed by atoms with E-state index in [9.17, 15) is 4.79 Å². The highest BCUT2D eigenvalue weighted by atomic mass is 16.7. The molecule has 1 unspecified atom stereocenters. The van der Waals surface area contributed by atoms with E-state index in [4.69, 9.17) is 9.47 Å². The highest BCUT2D eigenvalue weighted by Gasteiger charge is 2.32. The summed E-state index contributed by atoms with van der Waals surface area (Å²) in [6.07, 6.45) is 19.0. The van der Waals surface area contributed by atoms with Crippen LogP contribution in [0.4, 0.5) is 0 Å². The molecule has 1 aliphatic rings. The van der Waals surface area contributed by atoms with Crippen molar-refractivity contribution < 1.29 is 14.3 Å². The van der Waals surface area contributed by atoms with Crippen molar-refractivity contribution in [2.75, 3.05) is 26.2 Å². The number of amides is 1. The molecule has 0 aliphatic carbocycles. The Hall–Kier alpha value is -0.650. The highest BCUT2D eigenvalue weighted by molar-refractivity contribution is 5.77. The van der Waals surface area contributed by atoms with E-state index in [1.54, 1.807) is 0 Å². The van der Waals surface area contributed by atoms with Gasteiger partial charge < -0.3 is 20.1 Å². The number of nitrogens with one attached hydrogen (secondary N) is 2. The number of carbonyl (C=O) groups excluding carboxylic acids is 1. The summed E-state index contributed by atoms with van der Waals surface area (Å²) in [5.74, 6) is -0.430. The molecule has 172 valence electrons. The van der Waals surface area contributed by atoms with Crippen molar-refractivity contribution in [3.05, 3.63) is 0 Å².